The quantitative estimate of drug-likeness (QED) is 0.754. The lowest BCUT2D eigenvalue weighted by Crippen LogP contribution is -2.39. The number of hydrogen-bond donors (Lipinski definition) is 0. The molecule has 2 aromatic rings. The number of ether oxygens (including phenoxy) is 2. The summed E-state index contributed by atoms with van der Waals surface area (Å²) in [5, 5.41) is 0. The van der Waals surface area contributed by atoms with E-state index < -0.39 is 0 Å². The minimum absolute atomic E-state index is 0.0703. The Kier molecular flexibility index (Phi) is 5.84. The summed E-state index contributed by atoms with van der Waals surface area (Å²) in [4.78, 5) is 16.1. The Balaban J connectivity index is 1.62. The monoisotopic (exact) mass is 385 g/mol. The molecule has 0 aliphatic carbocycles. The lowest BCUT2D eigenvalue weighted by atomic mass is 10.1. The van der Waals surface area contributed by atoms with Crippen LogP contribution in [0.15, 0.2) is 58.9 Å². The van der Waals surface area contributed by atoms with E-state index in [4.69, 9.17) is 13.9 Å². The van der Waals surface area contributed by atoms with Crippen molar-refractivity contribution >= 4 is 22.6 Å². The van der Waals surface area contributed by atoms with E-state index >= 15 is 0 Å². The first kappa shape index (κ1) is 18.2. The molecule has 1 fully saturated rings. The molecule has 1 saturated heterocycles. The number of nitrogens with zero attached hydrogens (tertiary/aromatic N) is 1. The van der Waals surface area contributed by atoms with E-state index in [-0.39, 0.29) is 12.0 Å². The molecule has 2 aliphatic heterocycles. The molecule has 1 aromatic heterocycles. The van der Waals surface area contributed by atoms with E-state index in [1.807, 2.05) is 42.5 Å². The number of rotatable bonds is 6. The standard InChI is InChI=1S/C21H23NO4S/c23-21(19-20(27-13-12-26-19)16-6-2-1-3-7-16)22(14-17-8-4-10-24-17)15-18-9-5-11-25-18/h1-4,6-8,10,18H,5,9,11-15H2/t18-/m0/s1. The van der Waals surface area contributed by atoms with Crippen LogP contribution in [0.4, 0.5) is 0 Å². The molecule has 0 spiro atoms. The van der Waals surface area contributed by atoms with Crippen molar-refractivity contribution in [3.8, 4) is 0 Å². The maximum absolute atomic E-state index is 13.4. The fourth-order valence-electron chi connectivity index (χ4n) is 3.37. The van der Waals surface area contributed by atoms with Crippen LogP contribution in [-0.2, 0) is 20.8 Å². The van der Waals surface area contributed by atoms with E-state index in [9.17, 15) is 4.79 Å². The van der Waals surface area contributed by atoms with Gasteiger partial charge in [0.25, 0.3) is 5.91 Å². The molecule has 0 radical (unpaired) electrons. The second-order valence-electron chi connectivity index (χ2n) is 6.62. The molecule has 6 heteroatoms. The van der Waals surface area contributed by atoms with Gasteiger partial charge >= 0.3 is 0 Å². The Morgan fingerprint density at radius 1 is 1.15 bits per heavy atom. The molecule has 142 valence electrons. The average Bonchev–Trinajstić information content (AvgIpc) is 3.42. The van der Waals surface area contributed by atoms with Crippen LogP contribution in [0, 0.1) is 0 Å². The summed E-state index contributed by atoms with van der Waals surface area (Å²) in [5.41, 5.74) is 1.01. The van der Waals surface area contributed by atoms with Gasteiger partial charge in [-0.2, -0.15) is 0 Å². The summed E-state index contributed by atoms with van der Waals surface area (Å²) < 4.78 is 17.1. The predicted octanol–water partition coefficient (Wildman–Crippen LogP) is 3.92. The molecule has 1 aromatic carbocycles. The zero-order valence-corrected chi connectivity index (χ0v) is 16.0. The minimum atomic E-state index is -0.104. The van der Waals surface area contributed by atoms with E-state index in [1.54, 1.807) is 22.9 Å². The third-order valence-corrected chi connectivity index (χ3v) is 5.76. The Labute approximate surface area is 163 Å². The van der Waals surface area contributed by atoms with Gasteiger partial charge in [0.2, 0.25) is 0 Å². The van der Waals surface area contributed by atoms with Crippen LogP contribution >= 0.6 is 11.8 Å². The van der Waals surface area contributed by atoms with Gasteiger partial charge in [-0.05, 0) is 30.5 Å². The van der Waals surface area contributed by atoms with E-state index in [0.29, 0.717) is 25.5 Å². The Morgan fingerprint density at radius 2 is 2.04 bits per heavy atom. The van der Waals surface area contributed by atoms with Crippen molar-refractivity contribution in [1.29, 1.82) is 0 Å². The molecule has 0 bridgehead atoms. The summed E-state index contributed by atoms with van der Waals surface area (Å²) in [6.45, 7) is 2.25. The zero-order valence-electron chi connectivity index (χ0n) is 15.1. The topological polar surface area (TPSA) is 51.9 Å². The molecular formula is C21H23NO4S. The van der Waals surface area contributed by atoms with Gasteiger partial charge in [-0.3, -0.25) is 4.79 Å². The van der Waals surface area contributed by atoms with Crippen LogP contribution < -0.4 is 0 Å². The van der Waals surface area contributed by atoms with Crippen molar-refractivity contribution in [2.24, 2.45) is 0 Å². The number of carbonyl (C=O) groups excluding carboxylic acids is 1. The fourth-order valence-corrected chi connectivity index (χ4v) is 4.32. The van der Waals surface area contributed by atoms with Crippen LogP contribution in [0.5, 0.6) is 0 Å². The van der Waals surface area contributed by atoms with Crippen molar-refractivity contribution in [2.45, 2.75) is 25.5 Å². The number of thioether (sulfide) groups is 1. The molecule has 27 heavy (non-hydrogen) atoms. The van der Waals surface area contributed by atoms with Crippen molar-refractivity contribution in [2.75, 3.05) is 25.5 Å². The van der Waals surface area contributed by atoms with Crippen molar-refractivity contribution in [1.82, 2.24) is 4.90 Å². The van der Waals surface area contributed by atoms with Crippen LogP contribution in [0.3, 0.4) is 0 Å². The van der Waals surface area contributed by atoms with Gasteiger partial charge in [-0.15, -0.1) is 11.8 Å². The summed E-state index contributed by atoms with van der Waals surface area (Å²) in [6, 6.07) is 13.7. The number of furan rings is 1. The Morgan fingerprint density at radius 3 is 2.78 bits per heavy atom. The van der Waals surface area contributed by atoms with Gasteiger partial charge < -0.3 is 18.8 Å². The average molecular weight is 385 g/mol. The molecule has 0 saturated carbocycles. The molecular weight excluding hydrogens is 362 g/mol. The zero-order chi connectivity index (χ0) is 18.5. The van der Waals surface area contributed by atoms with Crippen LogP contribution in [0.2, 0.25) is 0 Å². The fraction of sp³-hybridized carbons (Fsp3) is 0.381. The molecule has 0 unspecified atom stereocenters. The summed E-state index contributed by atoms with van der Waals surface area (Å²) >= 11 is 1.67. The maximum atomic E-state index is 13.4. The SMILES string of the molecule is O=C(C1=C(c2ccccc2)SCCO1)N(Cc1ccco1)C[C@@H]1CCCO1. The second-order valence-corrected chi connectivity index (χ2v) is 7.73. The van der Waals surface area contributed by atoms with Gasteiger partial charge in [0, 0.05) is 18.9 Å². The third kappa shape index (κ3) is 4.39. The number of benzene rings is 1. The summed E-state index contributed by atoms with van der Waals surface area (Å²) in [6.07, 6.45) is 3.71. The van der Waals surface area contributed by atoms with E-state index in [1.165, 1.54) is 0 Å². The molecule has 1 atom stereocenters. The highest BCUT2D eigenvalue weighted by Gasteiger charge is 2.30. The summed E-state index contributed by atoms with van der Waals surface area (Å²) in [5.74, 6) is 1.92. The summed E-state index contributed by atoms with van der Waals surface area (Å²) in [7, 11) is 0. The van der Waals surface area contributed by atoms with Gasteiger partial charge in [0.1, 0.15) is 5.76 Å². The molecule has 5 nitrogen and oxygen atoms in total. The Bertz CT molecular complexity index is 782. The predicted molar refractivity (Wildman–Crippen MR) is 105 cm³/mol. The highest BCUT2D eigenvalue weighted by molar-refractivity contribution is 8.08. The second kappa shape index (κ2) is 8.67. The first-order chi connectivity index (χ1) is 13.3. The first-order valence-corrected chi connectivity index (χ1v) is 10.3. The van der Waals surface area contributed by atoms with E-state index in [0.717, 1.165) is 41.4 Å². The molecule has 1 amide bonds. The largest absolute Gasteiger partial charge is 0.486 e. The van der Waals surface area contributed by atoms with Crippen molar-refractivity contribution < 1.29 is 18.7 Å². The normalized spacial score (nSPS) is 19.8. The number of hydrogen-bond acceptors (Lipinski definition) is 5. The van der Waals surface area contributed by atoms with Crippen LogP contribution in [0.25, 0.3) is 4.91 Å². The van der Waals surface area contributed by atoms with Gasteiger partial charge in [-0.1, -0.05) is 30.3 Å². The van der Waals surface area contributed by atoms with Gasteiger partial charge in [-0.25, -0.2) is 0 Å². The smallest absolute Gasteiger partial charge is 0.290 e. The molecule has 4 rings (SSSR count). The van der Waals surface area contributed by atoms with Gasteiger partial charge in [0.05, 0.1) is 30.4 Å². The van der Waals surface area contributed by atoms with E-state index in [2.05, 4.69) is 0 Å². The van der Waals surface area contributed by atoms with Crippen molar-refractivity contribution in [3.63, 3.8) is 0 Å². The van der Waals surface area contributed by atoms with Crippen molar-refractivity contribution in [3.05, 3.63) is 65.8 Å². The minimum Gasteiger partial charge on any atom is -0.486 e. The maximum Gasteiger partial charge on any atom is 0.290 e. The molecule has 3 heterocycles. The lowest BCUT2D eigenvalue weighted by Gasteiger charge is -2.28. The highest BCUT2D eigenvalue weighted by atomic mass is 32.2. The third-order valence-electron chi connectivity index (χ3n) is 4.67. The van der Waals surface area contributed by atoms with Crippen LogP contribution in [-0.4, -0.2) is 42.4 Å². The number of carbonyl (C=O) groups is 1. The lowest BCUT2D eigenvalue weighted by molar-refractivity contribution is -0.133. The number of amides is 1. The molecule has 0 N–H and O–H groups in total. The first-order valence-electron chi connectivity index (χ1n) is 9.30. The van der Waals surface area contributed by atoms with Crippen LogP contribution in [0.1, 0.15) is 24.2 Å². The molecule has 2 aliphatic rings. The highest BCUT2D eigenvalue weighted by Crippen LogP contribution is 2.35. The van der Waals surface area contributed by atoms with Gasteiger partial charge in [0.15, 0.2) is 5.76 Å². The Hall–Kier alpha value is -2.18.